The minimum absolute atomic E-state index is 0.0519. The molecule has 5 rings (SSSR count). The first-order chi connectivity index (χ1) is 14.3. The largest absolute Gasteiger partial charge is 0.331 e. The van der Waals surface area contributed by atoms with Crippen LogP contribution in [0.25, 0.3) is 11.3 Å². The van der Waals surface area contributed by atoms with Crippen molar-refractivity contribution in [3.05, 3.63) is 78.0 Å². The lowest BCUT2D eigenvalue weighted by Crippen LogP contribution is -2.56. The van der Waals surface area contributed by atoms with Gasteiger partial charge in [0.2, 0.25) is 0 Å². The molecule has 1 aliphatic heterocycles. The number of piperazine rings is 1. The van der Waals surface area contributed by atoms with Crippen LogP contribution in [-0.2, 0) is 6.42 Å². The van der Waals surface area contributed by atoms with Gasteiger partial charge in [0.1, 0.15) is 5.69 Å². The molecule has 148 valence electrons. The Morgan fingerprint density at radius 3 is 2.45 bits per heavy atom. The van der Waals surface area contributed by atoms with Gasteiger partial charge in [-0.25, -0.2) is 0 Å². The number of nitrogens with zero attached hydrogens (tertiary/aromatic N) is 3. The predicted octanol–water partition coefficient (Wildman–Crippen LogP) is 3.61. The zero-order chi connectivity index (χ0) is 19.6. The zero-order valence-corrected chi connectivity index (χ0v) is 16.5. The Morgan fingerprint density at radius 1 is 1.00 bits per heavy atom. The molecule has 0 spiro atoms. The number of hydrogen-bond donors (Lipinski definition) is 1. The maximum Gasteiger partial charge on any atom is 0.272 e. The molecule has 2 fully saturated rings. The fourth-order valence-electron chi connectivity index (χ4n) is 4.32. The molecule has 1 amide bonds. The number of H-pyrrole nitrogens is 1. The van der Waals surface area contributed by atoms with Gasteiger partial charge in [0.25, 0.3) is 5.91 Å². The summed E-state index contributed by atoms with van der Waals surface area (Å²) in [5, 5.41) is 7.36. The Morgan fingerprint density at radius 2 is 1.72 bits per heavy atom. The number of nitrogens with one attached hydrogen (secondary N) is 1. The lowest BCUT2D eigenvalue weighted by molar-refractivity contribution is 0.0432. The zero-order valence-electron chi connectivity index (χ0n) is 16.5. The number of benzene rings is 2. The highest BCUT2D eigenvalue weighted by Gasteiger charge is 2.37. The third-order valence-corrected chi connectivity index (χ3v) is 6.03. The van der Waals surface area contributed by atoms with Crippen LogP contribution in [0.1, 0.15) is 28.9 Å². The number of hydrogen-bond acceptors (Lipinski definition) is 3. The monoisotopic (exact) mass is 386 g/mol. The molecule has 5 nitrogen and oxygen atoms in total. The molecule has 5 heteroatoms. The third-order valence-electron chi connectivity index (χ3n) is 6.03. The molecule has 1 unspecified atom stereocenters. The van der Waals surface area contributed by atoms with Crippen LogP contribution in [0.3, 0.4) is 0 Å². The Hall–Kier alpha value is -2.92. The van der Waals surface area contributed by atoms with Crippen LogP contribution < -0.4 is 0 Å². The van der Waals surface area contributed by atoms with Gasteiger partial charge in [-0.1, -0.05) is 60.7 Å². The summed E-state index contributed by atoms with van der Waals surface area (Å²) < 4.78 is 0. The van der Waals surface area contributed by atoms with Gasteiger partial charge in [-0.3, -0.25) is 14.8 Å². The Labute approximate surface area is 171 Å². The Balaban J connectivity index is 1.37. The highest BCUT2D eigenvalue weighted by Crippen LogP contribution is 2.30. The maximum absolute atomic E-state index is 13.4. The van der Waals surface area contributed by atoms with Crippen molar-refractivity contribution in [3.8, 4) is 11.3 Å². The SMILES string of the molecule is O=C(c1cc(-c2ccccc2)n[nH]1)N1CCN(C2CC2)CC1Cc1ccccc1. The van der Waals surface area contributed by atoms with E-state index in [1.165, 1.54) is 18.4 Å². The molecule has 2 aliphatic rings. The van der Waals surface area contributed by atoms with Crippen molar-refractivity contribution in [2.45, 2.75) is 31.3 Å². The van der Waals surface area contributed by atoms with Crippen LogP contribution in [0.4, 0.5) is 0 Å². The first-order valence-corrected chi connectivity index (χ1v) is 10.5. The van der Waals surface area contributed by atoms with E-state index in [2.05, 4.69) is 39.4 Å². The van der Waals surface area contributed by atoms with Crippen LogP contribution in [0, 0.1) is 0 Å². The van der Waals surface area contributed by atoms with Crippen molar-refractivity contribution in [2.24, 2.45) is 0 Å². The Bertz CT molecular complexity index is 965. The molecule has 1 atom stereocenters. The van der Waals surface area contributed by atoms with Crippen LogP contribution >= 0.6 is 0 Å². The van der Waals surface area contributed by atoms with E-state index in [1.54, 1.807) is 0 Å². The topological polar surface area (TPSA) is 52.2 Å². The lowest BCUT2D eigenvalue weighted by Gasteiger charge is -2.41. The number of aromatic nitrogens is 2. The molecular weight excluding hydrogens is 360 g/mol. The standard InChI is InChI=1S/C24H26N4O/c29-24(23-16-22(25-26-23)19-9-5-2-6-10-19)28-14-13-27(20-11-12-20)17-21(28)15-18-7-3-1-4-8-18/h1-10,16,20-21H,11-15,17H2,(H,25,26). The highest BCUT2D eigenvalue weighted by molar-refractivity contribution is 5.93. The summed E-state index contributed by atoms with van der Waals surface area (Å²) in [6.07, 6.45) is 3.48. The van der Waals surface area contributed by atoms with Crippen molar-refractivity contribution in [2.75, 3.05) is 19.6 Å². The molecule has 2 aromatic carbocycles. The van der Waals surface area contributed by atoms with E-state index in [0.717, 1.165) is 43.4 Å². The fraction of sp³-hybridized carbons (Fsp3) is 0.333. The molecule has 2 heterocycles. The van der Waals surface area contributed by atoms with E-state index in [-0.39, 0.29) is 11.9 Å². The molecule has 3 aromatic rings. The average Bonchev–Trinajstić information content (AvgIpc) is 3.51. The van der Waals surface area contributed by atoms with Crippen molar-refractivity contribution in [3.63, 3.8) is 0 Å². The first kappa shape index (κ1) is 18.1. The minimum atomic E-state index is 0.0519. The van der Waals surface area contributed by atoms with Gasteiger partial charge in [0.15, 0.2) is 0 Å². The van der Waals surface area contributed by atoms with Crippen molar-refractivity contribution in [1.29, 1.82) is 0 Å². The number of aromatic amines is 1. The molecule has 29 heavy (non-hydrogen) atoms. The van der Waals surface area contributed by atoms with E-state index >= 15 is 0 Å². The van der Waals surface area contributed by atoms with Crippen LogP contribution in [0.2, 0.25) is 0 Å². The molecular formula is C24H26N4O. The van der Waals surface area contributed by atoms with E-state index in [4.69, 9.17) is 0 Å². The van der Waals surface area contributed by atoms with E-state index in [0.29, 0.717) is 5.69 Å². The van der Waals surface area contributed by atoms with Crippen LogP contribution in [-0.4, -0.2) is 57.6 Å². The normalized spacial score (nSPS) is 20.0. The molecule has 0 radical (unpaired) electrons. The summed E-state index contributed by atoms with van der Waals surface area (Å²) in [5.74, 6) is 0.0519. The molecule has 1 N–H and O–H groups in total. The summed E-state index contributed by atoms with van der Waals surface area (Å²) in [4.78, 5) is 18.0. The fourth-order valence-corrected chi connectivity index (χ4v) is 4.32. The summed E-state index contributed by atoms with van der Waals surface area (Å²) >= 11 is 0. The average molecular weight is 386 g/mol. The van der Waals surface area contributed by atoms with Crippen LogP contribution in [0.15, 0.2) is 66.7 Å². The predicted molar refractivity (Wildman–Crippen MR) is 114 cm³/mol. The number of amides is 1. The summed E-state index contributed by atoms with van der Waals surface area (Å²) in [7, 11) is 0. The maximum atomic E-state index is 13.4. The first-order valence-electron chi connectivity index (χ1n) is 10.5. The highest BCUT2D eigenvalue weighted by atomic mass is 16.2. The summed E-state index contributed by atoms with van der Waals surface area (Å²) in [5.41, 5.74) is 3.68. The third kappa shape index (κ3) is 3.96. The molecule has 1 aliphatic carbocycles. The second-order valence-corrected chi connectivity index (χ2v) is 8.10. The van der Waals surface area contributed by atoms with Gasteiger partial charge < -0.3 is 4.90 Å². The van der Waals surface area contributed by atoms with E-state index in [1.807, 2.05) is 47.4 Å². The van der Waals surface area contributed by atoms with Crippen molar-refractivity contribution >= 4 is 5.91 Å². The summed E-state index contributed by atoms with van der Waals surface area (Å²) in [6, 6.07) is 23.3. The molecule has 0 bridgehead atoms. The van der Waals surface area contributed by atoms with Gasteiger partial charge in [-0.15, -0.1) is 0 Å². The van der Waals surface area contributed by atoms with Crippen LogP contribution in [0.5, 0.6) is 0 Å². The van der Waals surface area contributed by atoms with Gasteiger partial charge in [-0.05, 0) is 30.9 Å². The number of carbonyl (C=O) groups is 1. The minimum Gasteiger partial charge on any atom is -0.331 e. The molecule has 1 saturated heterocycles. The summed E-state index contributed by atoms with van der Waals surface area (Å²) in [6.45, 7) is 2.68. The van der Waals surface area contributed by atoms with Gasteiger partial charge in [0.05, 0.1) is 5.69 Å². The van der Waals surface area contributed by atoms with Gasteiger partial charge in [0, 0.05) is 37.3 Å². The second-order valence-electron chi connectivity index (χ2n) is 8.10. The number of carbonyl (C=O) groups excluding carboxylic acids is 1. The van der Waals surface area contributed by atoms with E-state index in [9.17, 15) is 4.79 Å². The molecule has 1 saturated carbocycles. The van der Waals surface area contributed by atoms with Gasteiger partial charge >= 0.3 is 0 Å². The van der Waals surface area contributed by atoms with Crippen molar-refractivity contribution < 1.29 is 4.79 Å². The Kier molecular flexibility index (Phi) is 4.90. The quantitative estimate of drug-likeness (QED) is 0.729. The lowest BCUT2D eigenvalue weighted by atomic mass is 10.0. The number of rotatable bonds is 5. The second kappa shape index (κ2) is 7.84. The smallest absolute Gasteiger partial charge is 0.272 e. The van der Waals surface area contributed by atoms with Gasteiger partial charge in [-0.2, -0.15) is 5.10 Å². The van der Waals surface area contributed by atoms with Crippen molar-refractivity contribution in [1.82, 2.24) is 20.0 Å². The molecule has 1 aromatic heterocycles. The van der Waals surface area contributed by atoms with E-state index < -0.39 is 0 Å².